The lowest BCUT2D eigenvalue weighted by Crippen LogP contribution is -2.09. The van der Waals surface area contributed by atoms with Crippen molar-refractivity contribution >= 4 is 38.6 Å². The van der Waals surface area contributed by atoms with E-state index in [2.05, 4.69) is 149 Å². The molecule has 0 aliphatic rings. The molecule has 1 heterocycles. The van der Waals surface area contributed by atoms with Gasteiger partial charge in [-0.3, -0.25) is 4.98 Å². The summed E-state index contributed by atoms with van der Waals surface area (Å²) < 4.78 is 0. The molecular formula is C37H26N2. The van der Waals surface area contributed by atoms with Crippen LogP contribution in [0, 0.1) is 0 Å². The molecule has 7 aromatic rings. The molecule has 0 fully saturated rings. The van der Waals surface area contributed by atoms with Gasteiger partial charge in [-0.05, 0) is 105 Å². The lowest BCUT2D eigenvalue weighted by atomic mass is 9.97. The van der Waals surface area contributed by atoms with Crippen molar-refractivity contribution in [1.29, 1.82) is 0 Å². The minimum Gasteiger partial charge on any atom is -0.311 e. The van der Waals surface area contributed by atoms with Gasteiger partial charge in [0, 0.05) is 28.8 Å². The number of hydrogen-bond donors (Lipinski definition) is 0. The highest BCUT2D eigenvalue weighted by molar-refractivity contribution is 6.01. The molecule has 39 heavy (non-hydrogen) atoms. The number of nitrogens with zero attached hydrogens (tertiary/aromatic N) is 2. The Morgan fingerprint density at radius 2 is 0.872 bits per heavy atom. The average Bonchev–Trinajstić information content (AvgIpc) is 3.01. The third-order valence-corrected chi connectivity index (χ3v) is 7.24. The van der Waals surface area contributed by atoms with Crippen LogP contribution in [0.1, 0.15) is 0 Å². The summed E-state index contributed by atoms with van der Waals surface area (Å²) in [5, 5.41) is 4.94. The summed E-state index contributed by atoms with van der Waals surface area (Å²) >= 11 is 0. The Balaban J connectivity index is 1.23. The van der Waals surface area contributed by atoms with Crippen molar-refractivity contribution in [3.8, 4) is 22.4 Å². The summed E-state index contributed by atoms with van der Waals surface area (Å²) in [5.74, 6) is 0. The molecule has 0 N–H and O–H groups in total. The maximum atomic E-state index is 4.51. The highest BCUT2D eigenvalue weighted by Gasteiger charge is 2.12. The zero-order valence-corrected chi connectivity index (χ0v) is 21.4. The summed E-state index contributed by atoms with van der Waals surface area (Å²) in [4.78, 5) is 6.80. The van der Waals surface area contributed by atoms with E-state index in [4.69, 9.17) is 0 Å². The highest BCUT2D eigenvalue weighted by atomic mass is 15.1. The zero-order valence-electron chi connectivity index (χ0n) is 21.4. The molecule has 6 aromatic carbocycles. The molecule has 0 unspecified atom stereocenters. The number of aromatic nitrogens is 1. The topological polar surface area (TPSA) is 16.1 Å². The Kier molecular flexibility index (Phi) is 5.84. The Labute approximate surface area is 228 Å². The summed E-state index contributed by atoms with van der Waals surface area (Å²) in [6, 6.07) is 53.8. The fourth-order valence-corrected chi connectivity index (χ4v) is 5.27. The molecular weight excluding hydrogens is 472 g/mol. The third kappa shape index (κ3) is 4.54. The number of benzene rings is 6. The molecule has 0 bridgehead atoms. The van der Waals surface area contributed by atoms with Gasteiger partial charge in [0.1, 0.15) is 0 Å². The standard InChI is InChI=1S/C37H26N2/c1-3-9-34(10-4-1)39(35-11-5-2-6-12-35)36-20-18-27(19-21-36)28-14-15-29-25-33-26-31(37-13-7-8-22-38-37)17-16-30(33)24-32(29)23-28/h1-26H. The monoisotopic (exact) mass is 498 g/mol. The quantitative estimate of drug-likeness (QED) is 0.219. The lowest BCUT2D eigenvalue weighted by Gasteiger charge is -2.25. The van der Waals surface area contributed by atoms with Gasteiger partial charge in [-0.2, -0.15) is 0 Å². The van der Waals surface area contributed by atoms with Gasteiger partial charge in [0.05, 0.1) is 5.69 Å². The second-order valence-electron chi connectivity index (χ2n) is 9.74. The summed E-state index contributed by atoms with van der Waals surface area (Å²) in [5.41, 5.74) is 7.96. The van der Waals surface area contributed by atoms with Gasteiger partial charge >= 0.3 is 0 Å². The Bertz CT molecular complexity index is 1840. The van der Waals surface area contributed by atoms with Crippen LogP contribution in [0.3, 0.4) is 0 Å². The van der Waals surface area contributed by atoms with Crippen molar-refractivity contribution in [1.82, 2.24) is 4.98 Å². The second kappa shape index (κ2) is 9.92. The van der Waals surface area contributed by atoms with Crippen molar-refractivity contribution in [2.24, 2.45) is 0 Å². The van der Waals surface area contributed by atoms with Gasteiger partial charge in [0.2, 0.25) is 0 Å². The predicted molar refractivity (Wildman–Crippen MR) is 165 cm³/mol. The average molecular weight is 499 g/mol. The minimum atomic E-state index is 0.997. The molecule has 184 valence electrons. The predicted octanol–water partition coefficient (Wildman–Crippen LogP) is 10.2. The molecule has 0 saturated heterocycles. The van der Waals surface area contributed by atoms with Crippen LogP contribution < -0.4 is 4.90 Å². The fraction of sp³-hybridized carbons (Fsp3) is 0. The van der Waals surface area contributed by atoms with Crippen LogP contribution in [-0.2, 0) is 0 Å². The molecule has 7 rings (SSSR count). The van der Waals surface area contributed by atoms with E-state index >= 15 is 0 Å². The highest BCUT2D eigenvalue weighted by Crippen LogP contribution is 2.36. The fourth-order valence-electron chi connectivity index (χ4n) is 5.27. The van der Waals surface area contributed by atoms with E-state index in [0.29, 0.717) is 0 Å². The summed E-state index contributed by atoms with van der Waals surface area (Å²) in [6.45, 7) is 0. The number of para-hydroxylation sites is 2. The minimum absolute atomic E-state index is 0.997. The van der Waals surface area contributed by atoms with Crippen LogP contribution >= 0.6 is 0 Å². The van der Waals surface area contributed by atoms with E-state index in [1.54, 1.807) is 0 Å². The Morgan fingerprint density at radius 3 is 1.46 bits per heavy atom. The second-order valence-corrected chi connectivity index (χ2v) is 9.74. The normalized spacial score (nSPS) is 11.1. The SMILES string of the molecule is c1ccc(N(c2ccccc2)c2ccc(-c3ccc4cc5cc(-c6ccccn6)ccc5cc4c3)cc2)cc1. The summed E-state index contributed by atoms with van der Waals surface area (Å²) in [7, 11) is 0. The molecule has 2 nitrogen and oxygen atoms in total. The van der Waals surface area contributed by atoms with E-state index in [9.17, 15) is 0 Å². The first kappa shape index (κ1) is 22.9. The Hall–Kier alpha value is -5.21. The third-order valence-electron chi connectivity index (χ3n) is 7.24. The van der Waals surface area contributed by atoms with E-state index in [1.165, 1.54) is 32.7 Å². The van der Waals surface area contributed by atoms with Crippen molar-refractivity contribution in [2.45, 2.75) is 0 Å². The van der Waals surface area contributed by atoms with E-state index < -0.39 is 0 Å². The Morgan fingerprint density at radius 1 is 0.359 bits per heavy atom. The van der Waals surface area contributed by atoms with Crippen molar-refractivity contribution in [3.63, 3.8) is 0 Å². The lowest BCUT2D eigenvalue weighted by molar-refractivity contribution is 1.28. The number of fused-ring (bicyclic) bond motifs is 2. The van der Waals surface area contributed by atoms with Crippen molar-refractivity contribution in [2.75, 3.05) is 4.90 Å². The maximum absolute atomic E-state index is 4.51. The number of pyridine rings is 1. The molecule has 2 heteroatoms. The first-order chi connectivity index (χ1) is 19.3. The van der Waals surface area contributed by atoms with Gasteiger partial charge in [0.25, 0.3) is 0 Å². The van der Waals surface area contributed by atoms with Gasteiger partial charge in [-0.15, -0.1) is 0 Å². The van der Waals surface area contributed by atoms with E-state index in [1.807, 2.05) is 18.3 Å². The molecule has 0 atom stereocenters. The van der Waals surface area contributed by atoms with Gasteiger partial charge in [-0.25, -0.2) is 0 Å². The van der Waals surface area contributed by atoms with Crippen LogP contribution in [0.25, 0.3) is 43.9 Å². The molecule has 0 radical (unpaired) electrons. The van der Waals surface area contributed by atoms with Gasteiger partial charge in [-0.1, -0.05) is 78.9 Å². The van der Waals surface area contributed by atoms with Gasteiger partial charge < -0.3 is 4.90 Å². The van der Waals surface area contributed by atoms with Crippen molar-refractivity contribution in [3.05, 3.63) is 158 Å². The first-order valence-corrected chi connectivity index (χ1v) is 13.2. The smallest absolute Gasteiger partial charge is 0.0702 e. The first-order valence-electron chi connectivity index (χ1n) is 13.2. The van der Waals surface area contributed by atoms with Crippen LogP contribution in [0.2, 0.25) is 0 Å². The molecule has 0 saturated carbocycles. The molecule has 1 aromatic heterocycles. The molecule has 0 spiro atoms. The molecule has 0 amide bonds. The summed E-state index contributed by atoms with van der Waals surface area (Å²) in [6.07, 6.45) is 1.84. The molecule has 0 aliphatic heterocycles. The van der Waals surface area contributed by atoms with E-state index in [-0.39, 0.29) is 0 Å². The zero-order chi connectivity index (χ0) is 26.0. The maximum Gasteiger partial charge on any atom is 0.0702 e. The van der Waals surface area contributed by atoms with Crippen LogP contribution in [-0.4, -0.2) is 4.98 Å². The van der Waals surface area contributed by atoms with Crippen LogP contribution in [0.15, 0.2) is 158 Å². The van der Waals surface area contributed by atoms with E-state index in [0.717, 1.165) is 28.3 Å². The van der Waals surface area contributed by atoms with Crippen molar-refractivity contribution < 1.29 is 0 Å². The van der Waals surface area contributed by atoms with Crippen LogP contribution in [0.5, 0.6) is 0 Å². The van der Waals surface area contributed by atoms with Crippen LogP contribution in [0.4, 0.5) is 17.1 Å². The number of rotatable bonds is 5. The van der Waals surface area contributed by atoms with Gasteiger partial charge in [0.15, 0.2) is 0 Å². The molecule has 0 aliphatic carbocycles. The number of hydrogen-bond acceptors (Lipinski definition) is 2. The largest absolute Gasteiger partial charge is 0.311 e. The number of anilines is 3.